The Morgan fingerprint density at radius 3 is 2.45 bits per heavy atom. The quantitative estimate of drug-likeness (QED) is 0.760. The highest BCUT2D eigenvalue weighted by Gasteiger charge is 2.08. The Balaban J connectivity index is 1.86. The maximum Gasteiger partial charge on any atom is 0.212 e. The zero-order valence-corrected chi connectivity index (χ0v) is 12.9. The molecule has 1 N–H and O–H groups in total. The Morgan fingerprint density at radius 2 is 1.86 bits per heavy atom. The second kappa shape index (κ2) is 8.36. The topological polar surface area (TPSA) is 60.8 Å². The molecule has 118 valence electrons. The second-order valence-electron chi connectivity index (χ2n) is 4.88. The number of hydrogen-bond donors (Lipinski definition) is 1. The normalized spacial score (nSPS) is 12.0. The maximum absolute atomic E-state index is 10.2. The molecule has 22 heavy (non-hydrogen) atoms. The summed E-state index contributed by atoms with van der Waals surface area (Å²) in [5.41, 5.74) is 1.94. The van der Waals surface area contributed by atoms with Crippen molar-refractivity contribution >= 4 is 0 Å². The molecule has 0 amide bonds. The van der Waals surface area contributed by atoms with Crippen molar-refractivity contribution in [1.29, 1.82) is 0 Å². The first-order chi connectivity index (χ1) is 10.7. The lowest BCUT2D eigenvalue weighted by Gasteiger charge is -2.12. The standard InChI is InChI=1S/C17H21NO4/c1-20-12-22-15-7-5-14(6-8-15)16(19)9-3-13-4-10-17(21-2)18-11-13/h4-8,10-11,16,19H,3,9,12H2,1-2H3. The van der Waals surface area contributed by atoms with Gasteiger partial charge >= 0.3 is 0 Å². The summed E-state index contributed by atoms with van der Waals surface area (Å²) in [4.78, 5) is 4.16. The molecule has 0 aliphatic carbocycles. The molecule has 0 fully saturated rings. The van der Waals surface area contributed by atoms with E-state index in [-0.39, 0.29) is 6.79 Å². The van der Waals surface area contributed by atoms with E-state index in [4.69, 9.17) is 14.2 Å². The number of benzene rings is 1. The third-order valence-electron chi connectivity index (χ3n) is 3.32. The minimum absolute atomic E-state index is 0.215. The number of nitrogens with zero attached hydrogens (tertiary/aromatic N) is 1. The van der Waals surface area contributed by atoms with Crippen molar-refractivity contribution < 1.29 is 19.3 Å². The number of aliphatic hydroxyl groups is 1. The number of methoxy groups -OCH3 is 2. The first-order valence-electron chi connectivity index (χ1n) is 7.11. The fraction of sp³-hybridized carbons (Fsp3) is 0.353. The van der Waals surface area contributed by atoms with Gasteiger partial charge in [0.15, 0.2) is 6.79 Å². The van der Waals surface area contributed by atoms with Gasteiger partial charge in [-0.3, -0.25) is 0 Å². The number of ether oxygens (including phenoxy) is 3. The van der Waals surface area contributed by atoms with Gasteiger partial charge in [-0.25, -0.2) is 4.98 Å². The molecular weight excluding hydrogens is 282 g/mol. The van der Waals surface area contributed by atoms with E-state index in [0.29, 0.717) is 12.3 Å². The molecule has 0 aliphatic heterocycles. The third kappa shape index (κ3) is 4.72. The number of rotatable bonds is 8. The van der Waals surface area contributed by atoms with E-state index in [1.807, 2.05) is 36.4 Å². The van der Waals surface area contributed by atoms with Crippen molar-refractivity contribution in [1.82, 2.24) is 4.98 Å². The zero-order chi connectivity index (χ0) is 15.8. The van der Waals surface area contributed by atoms with Crippen LogP contribution in [0.2, 0.25) is 0 Å². The summed E-state index contributed by atoms with van der Waals surface area (Å²) >= 11 is 0. The molecule has 0 spiro atoms. The van der Waals surface area contributed by atoms with Crippen LogP contribution in [0, 0.1) is 0 Å². The Morgan fingerprint density at radius 1 is 1.09 bits per heavy atom. The van der Waals surface area contributed by atoms with Crippen LogP contribution in [-0.2, 0) is 11.2 Å². The summed E-state index contributed by atoms with van der Waals surface area (Å²) < 4.78 is 15.2. The maximum atomic E-state index is 10.2. The largest absolute Gasteiger partial charge is 0.481 e. The Bertz CT molecular complexity index is 554. The Labute approximate surface area is 130 Å². The van der Waals surface area contributed by atoms with Crippen LogP contribution in [0.1, 0.15) is 23.7 Å². The first kappa shape index (κ1) is 16.3. The van der Waals surface area contributed by atoms with Crippen LogP contribution in [0.15, 0.2) is 42.6 Å². The Hall–Kier alpha value is -2.11. The van der Waals surface area contributed by atoms with Crippen LogP contribution in [0.4, 0.5) is 0 Å². The van der Waals surface area contributed by atoms with Crippen LogP contribution in [0.25, 0.3) is 0 Å². The fourth-order valence-electron chi connectivity index (χ4n) is 2.06. The van der Waals surface area contributed by atoms with Crippen molar-refractivity contribution in [3.05, 3.63) is 53.7 Å². The van der Waals surface area contributed by atoms with Gasteiger partial charge in [-0.15, -0.1) is 0 Å². The summed E-state index contributed by atoms with van der Waals surface area (Å²) in [5.74, 6) is 1.31. The van der Waals surface area contributed by atoms with E-state index in [2.05, 4.69) is 4.98 Å². The highest BCUT2D eigenvalue weighted by molar-refractivity contribution is 5.28. The predicted octanol–water partition coefficient (Wildman–Crippen LogP) is 2.74. The van der Waals surface area contributed by atoms with Crippen molar-refractivity contribution in [3.63, 3.8) is 0 Å². The van der Waals surface area contributed by atoms with Gasteiger partial charge in [0.2, 0.25) is 5.88 Å². The van der Waals surface area contributed by atoms with Crippen LogP contribution < -0.4 is 9.47 Å². The highest BCUT2D eigenvalue weighted by atomic mass is 16.7. The molecule has 1 unspecified atom stereocenters. The first-order valence-corrected chi connectivity index (χ1v) is 7.11. The van der Waals surface area contributed by atoms with Crippen molar-refractivity contribution in [2.75, 3.05) is 21.0 Å². The molecule has 5 nitrogen and oxygen atoms in total. The molecule has 0 bridgehead atoms. The average Bonchev–Trinajstić information content (AvgIpc) is 2.58. The number of hydrogen-bond acceptors (Lipinski definition) is 5. The minimum atomic E-state index is -0.515. The lowest BCUT2D eigenvalue weighted by Crippen LogP contribution is -2.02. The molecule has 2 aromatic rings. The lowest BCUT2D eigenvalue weighted by atomic mass is 10.0. The van der Waals surface area contributed by atoms with E-state index < -0.39 is 6.10 Å². The summed E-state index contributed by atoms with van der Waals surface area (Å²) in [7, 11) is 3.16. The number of aliphatic hydroxyl groups excluding tert-OH is 1. The van der Waals surface area contributed by atoms with Gasteiger partial charge in [-0.2, -0.15) is 0 Å². The van der Waals surface area contributed by atoms with E-state index in [0.717, 1.165) is 23.3 Å². The van der Waals surface area contributed by atoms with Gasteiger partial charge in [0.05, 0.1) is 13.2 Å². The number of aromatic nitrogens is 1. The average molecular weight is 303 g/mol. The smallest absolute Gasteiger partial charge is 0.212 e. The van der Waals surface area contributed by atoms with Gasteiger partial charge < -0.3 is 19.3 Å². The van der Waals surface area contributed by atoms with Crippen molar-refractivity contribution in [2.45, 2.75) is 18.9 Å². The molecule has 0 saturated heterocycles. The van der Waals surface area contributed by atoms with E-state index in [1.54, 1.807) is 20.4 Å². The molecule has 0 saturated carbocycles. The van der Waals surface area contributed by atoms with Gasteiger partial charge in [0.1, 0.15) is 5.75 Å². The van der Waals surface area contributed by atoms with Gasteiger partial charge in [-0.1, -0.05) is 18.2 Å². The summed E-state index contributed by atoms with van der Waals surface area (Å²) in [6.45, 7) is 0.215. The summed E-state index contributed by atoms with van der Waals surface area (Å²) in [5, 5.41) is 10.2. The molecule has 2 rings (SSSR count). The minimum Gasteiger partial charge on any atom is -0.481 e. The molecule has 1 aromatic heterocycles. The van der Waals surface area contributed by atoms with Gasteiger partial charge in [-0.05, 0) is 36.1 Å². The van der Waals surface area contributed by atoms with Crippen LogP contribution in [0.5, 0.6) is 11.6 Å². The lowest BCUT2D eigenvalue weighted by molar-refractivity contribution is 0.0511. The monoisotopic (exact) mass is 303 g/mol. The zero-order valence-electron chi connectivity index (χ0n) is 12.9. The molecule has 5 heteroatoms. The molecule has 1 heterocycles. The van der Waals surface area contributed by atoms with Crippen molar-refractivity contribution in [2.24, 2.45) is 0 Å². The van der Waals surface area contributed by atoms with E-state index >= 15 is 0 Å². The predicted molar refractivity (Wildman–Crippen MR) is 83.0 cm³/mol. The van der Waals surface area contributed by atoms with Crippen molar-refractivity contribution in [3.8, 4) is 11.6 Å². The molecular formula is C17H21NO4. The highest BCUT2D eigenvalue weighted by Crippen LogP contribution is 2.22. The van der Waals surface area contributed by atoms with Gasteiger partial charge in [0.25, 0.3) is 0 Å². The van der Waals surface area contributed by atoms with Crippen LogP contribution in [-0.4, -0.2) is 31.1 Å². The third-order valence-corrected chi connectivity index (χ3v) is 3.32. The SMILES string of the molecule is COCOc1ccc(C(O)CCc2ccc(OC)nc2)cc1. The van der Waals surface area contributed by atoms with E-state index in [9.17, 15) is 5.11 Å². The van der Waals surface area contributed by atoms with Gasteiger partial charge in [0, 0.05) is 19.4 Å². The molecule has 1 aromatic carbocycles. The number of aryl methyl sites for hydroxylation is 1. The van der Waals surface area contributed by atoms with Crippen LogP contribution >= 0.6 is 0 Å². The van der Waals surface area contributed by atoms with Crippen LogP contribution in [0.3, 0.4) is 0 Å². The summed E-state index contributed by atoms with van der Waals surface area (Å²) in [6.07, 6.45) is 2.64. The molecule has 1 atom stereocenters. The summed E-state index contributed by atoms with van der Waals surface area (Å²) in [6, 6.07) is 11.2. The number of pyridine rings is 1. The second-order valence-corrected chi connectivity index (χ2v) is 4.88. The molecule has 0 radical (unpaired) electrons. The fourth-order valence-corrected chi connectivity index (χ4v) is 2.06. The molecule has 0 aliphatic rings. The van der Waals surface area contributed by atoms with E-state index in [1.165, 1.54) is 0 Å². The Kier molecular flexibility index (Phi) is 6.18.